The first-order valence-corrected chi connectivity index (χ1v) is 11.0. The van der Waals surface area contributed by atoms with Crippen molar-refractivity contribution in [3.05, 3.63) is 94.8 Å². The standard InChI is InChI=1S/C27H29N3O2/c1-19-8-6-9-22(16-19)27(31)28-18-26-29-23-10-4-5-11-24(23)30(26)14-7-15-32-25-17-20(2)12-13-21(25)3/h4-6,8-13,16-17H,7,14-15,18H2,1-3H3,(H,28,31). The van der Waals surface area contributed by atoms with Gasteiger partial charge in [-0.2, -0.15) is 0 Å². The molecule has 4 aromatic rings. The molecular weight excluding hydrogens is 398 g/mol. The quantitative estimate of drug-likeness (QED) is 0.385. The number of nitrogens with one attached hydrogen (secondary N) is 1. The lowest BCUT2D eigenvalue weighted by molar-refractivity contribution is 0.0949. The van der Waals surface area contributed by atoms with Gasteiger partial charge >= 0.3 is 0 Å². The topological polar surface area (TPSA) is 56.2 Å². The van der Waals surface area contributed by atoms with E-state index < -0.39 is 0 Å². The first-order valence-electron chi connectivity index (χ1n) is 11.0. The molecule has 32 heavy (non-hydrogen) atoms. The Morgan fingerprint density at radius 2 is 1.78 bits per heavy atom. The zero-order chi connectivity index (χ0) is 22.5. The highest BCUT2D eigenvalue weighted by Crippen LogP contribution is 2.20. The van der Waals surface area contributed by atoms with Gasteiger partial charge in [0.1, 0.15) is 11.6 Å². The molecule has 0 unspecified atom stereocenters. The van der Waals surface area contributed by atoms with Crippen LogP contribution in [0.4, 0.5) is 0 Å². The first-order chi connectivity index (χ1) is 15.5. The average molecular weight is 428 g/mol. The third-order valence-corrected chi connectivity index (χ3v) is 5.55. The van der Waals surface area contributed by atoms with Crippen LogP contribution in [-0.2, 0) is 13.1 Å². The molecule has 0 radical (unpaired) electrons. The fraction of sp³-hybridized carbons (Fsp3) is 0.259. The largest absolute Gasteiger partial charge is 0.493 e. The number of benzene rings is 3. The summed E-state index contributed by atoms with van der Waals surface area (Å²) in [6.45, 7) is 7.87. The Bertz CT molecular complexity index is 1240. The number of amides is 1. The zero-order valence-electron chi connectivity index (χ0n) is 18.9. The van der Waals surface area contributed by atoms with Gasteiger partial charge in [0.15, 0.2) is 0 Å². The molecule has 0 saturated heterocycles. The van der Waals surface area contributed by atoms with Crippen molar-refractivity contribution < 1.29 is 9.53 Å². The molecule has 4 rings (SSSR count). The summed E-state index contributed by atoms with van der Waals surface area (Å²) in [7, 11) is 0. The van der Waals surface area contributed by atoms with Gasteiger partial charge in [-0.05, 0) is 68.7 Å². The lowest BCUT2D eigenvalue weighted by Crippen LogP contribution is -2.25. The predicted molar refractivity (Wildman–Crippen MR) is 128 cm³/mol. The normalized spacial score (nSPS) is 11.0. The van der Waals surface area contributed by atoms with Crippen molar-refractivity contribution in [2.75, 3.05) is 6.61 Å². The van der Waals surface area contributed by atoms with E-state index in [9.17, 15) is 4.79 Å². The molecule has 3 aromatic carbocycles. The molecule has 0 aliphatic rings. The number of nitrogens with zero attached hydrogens (tertiary/aromatic N) is 2. The maximum Gasteiger partial charge on any atom is 0.251 e. The Hall–Kier alpha value is -3.60. The molecule has 5 nitrogen and oxygen atoms in total. The van der Waals surface area contributed by atoms with Crippen LogP contribution >= 0.6 is 0 Å². The second-order valence-electron chi connectivity index (χ2n) is 8.19. The van der Waals surface area contributed by atoms with E-state index in [-0.39, 0.29) is 5.91 Å². The Morgan fingerprint density at radius 3 is 2.62 bits per heavy atom. The fourth-order valence-electron chi connectivity index (χ4n) is 3.83. The molecule has 0 saturated carbocycles. The van der Waals surface area contributed by atoms with Crippen molar-refractivity contribution in [3.63, 3.8) is 0 Å². The summed E-state index contributed by atoms with van der Waals surface area (Å²) in [5.74, 6) is 1.69. The van der Waals surface area contributed by atoms with Crippen LogP contribution in [0.5, 0.6) is 5.75 Å². The van der Waals surface area contributed by atoms with Crippen molar-refractivity contribution in [3.8, 4) is 5.75 Å². The molecule has 0 aliphatic heterocycles. The molecular formula is C27H29N3O2. The summed E-state index contributed by atoms with van der Waals surface area (Å²) in [6.07, 6.45) is 0.840. The molecule has 0 spiro atoms. The number of ether oxygens (including phenoxy) is 1. The molecule has 5 heteroatoms. The van der Waals surface area contributed by atoms with E-state index in [4.69, 9.17) is 9.72 Å². The fourth-order valence-corrected chi connectivity index (χ4v) is 3.83. The van der Waals surface area contributed by atoms with E-state index in [0.29, 0.717) is 18.7 Å². The van der Waals surface area contributed by atoms with Crippen LogP contribution in [0.1, 0.15) is 39.3 Å². The molecule has 1 aromatic heterocycles. The maximum absolute atomic E-state index is 12.6. The summed E-state index contributed by atoms with van der Waals surface area (Å²) in [6, 6.07) is 21.9. The van der Waals surface area contributed by atoms with Crippen LogP contribution < -0.4 is 10.1 Å². The molecule has 1 heterocycles. The van der Waals surface area contributed by atoms with Crippen molar-refractivity contribution in [1.82, 2.24) is 14.9 Å². The van der Waals surface area contributed by atoms with Crippen LogP contribution in [0.15, 0.2) is 66.7 Å². The number of fused-ring (bicyclic) bond motifs is 1. The molecule has 0 fully saturated rings. The summed E-state index contributed by atoms with van der Waals surface area (Å²) < 4.78 is 8.21. The van der Waals surface area contributed by atoms with Gasteiger partial charge < -0.3 is 14.6 Å². The van der Waals surface area contributed by atoms with Gasteiger partial charge in [0.05, 0.1) is 24.2 Å². The van der Waals surface area contributed by atoms with Crippen molar-refractivity contribution in [1.29, 1.82) is 0 Å². The van der Waals surface area contributed by atoms with E-state index in [1.54, 1.807) is 0 Å². The van der Waals surface area contributed by atoms with Gasteiger partial charge in [-0.1, -0.05) is 42.0 Å². The molecule has 0 aliphatic carbocycles. The summed E-state index contributed by atoms with van der Waals surface area (Å²) in [4.78, 5) is 17.4. The average Bonchev–Trinajstić information content (AvgIpc) is 3.14. The van der Waals surface area contributed by atoms with Crippen molar-refractivity contribution >= 4 is 16.9 Å². The van der Waals surface area contributed by atoms with Crippen molar-refractivity contribution in [2.45, 2.75) is 40.3 Å². The third kappa shape index (κ3) is 4.99. The Balaban J connectivity index is 1.44. The number of para-hydroxylation sites is 2. The van der Waals surface area contributed by atoms with E-state index in [2.05, 4.69) is 48.0 Å². The first kappa shape index (κ1) is 21.6. The SMILES string of the molecule is Cc1cccc(C(=O)NCc2nc3ccccc3n2CCCOc2cc(C)ccc2C)c1. The third-order valence-electron chi connectivity index (χ3n) is 5.55. The minimum Gasteiger partial charge on any atom is -0.493 e. The zero-order valence-corrected chi connectivity index (χ0v) is 18.9. The van der Waals surface area contributed by atoms with Crippen LogP contribution in [0.2, 0.25) is 0 Å². The van der Waals surface area contributed by atoms with Gasteiger partial charge in [0, 0.05) is 12.1 Å². The molecule has 164 valence electrons. The number of carbonyl (C=O) groups is 1. The van der Waals surface area contributed by atoms with Gasteiger partial charge in [0.25, 0.3) is 5.91 Å². The highest BCUT2D eigenvalue weighted by Gasteiger charge is 2.13. The van der Waals surface area contributed by atoms with Crippen LogP contribution in [0.3, 0.4) is 0 Å². The highest BCUT2D eigenvalue weighted by atomic mass is 16.5. The molecule has 1 amide bonds. The molecule has 1 N–H and O–H groups in total. The lowest BCUT2D eigenvalue weighted by atomic mass is 10.1. The number of hydrogen-bond acceptors (Lipinski definition) is 3. The number of imidazole rings is 1. The maximum atomic E-state index is 12.6. The Morgan fingerprint density at radius 1 is 0.969 bits per heavy atom. The van der Waals surface area contributed by atoms with E-state index in [1.165, 1.54) is 5.56 Å². The minimum absolute atomic E-state index is 0.0921. The predicted octanol–water partition coefficient (Wildman–Crippen LogP) is 5.36. The van der Waals surface area contributed by atoms with E-state index in [0.717, 1.165) is 46.7 Å². The summed E-state index contributed by atoms with van der Waals surface area (Å²) in [5.41, 5.74) is 6.06. The number of hydrogen-bond donors (Lipinski definition) is 1. The Labute approximate surface area is 189 Å². The summed E-state index contributed by atoms with van der Waals surface area (Å²) >= 11 is 0. The number of carbonyl (C=O) groups excluding carboxylic acids is 1. The van der Waals surface area contributed by atoms with Gasteiger partial charge in [0.2, 0.25) is 0 Å². The summed E-state index contributed by atoms with van der Waals surface area (Å²) in [5, 5.41) is 3.02. The van der Waals surface area contributed by atoms with E-state index in [1.807, 2.05) is 49.4 Å². The highest BCUT2D eigenvalue weighted by molar-refractivity contribution is 5.94. The van der Waals surface area contributed by atoms with Crippen LogP contribution in [0, 0.1) is 20.8 Å². The second kappa shape index (κ2) is 9.69. The monoisotopic (exact) mass is 427 g/mol. The van der Waals surface area contributed by atoms with Gasteiger partial charge in [-0.3, -0.25) is 4.79 Å². The van der Waals surface area contributed by atoms with Crippen LogP contribution in [0.25, 0.3) is 11.0 Å². The smallest absolute Gasteiger partial charge is 0.251 e. The number of aromatic nitrogens is 2. The molecule has 0 bridgehead atoms. The Kier molecular flexibility index (Phi) is 6.55. The second-order valence-corrected chi connectivity index (χ2v) is 8.19. The number of aryl methyl sites for hydroxylation is 4. The number of rotatable bonds is 8. The minimum atomic E-state index is -0.0921. The van der Waals surface area contributed by atoms with Crippen LogP contribution in [-0.4, -0.2) is 22.1 Å². The van der Waals surface area contributed by atoms with Crippen molar-refractivity contribution in [2.24, 2.45) is 0 Å². The lowest BCUT2D eigenvalue weighted by Gasteiger charge is -2.13. The van der Waals surface area contributed by atoms with Gasteiger partial charge in [-0.15, -0.1) is 0 Å². The molecule has 0 atom stereocenters. The van der Waals surface area contributed by atoms with E-state index >= 15 is 0 Å². The van der Waals surface area contributed by atoms with Gasteiger partial charge in [-0.25, -0.2) is 4.98 Å².